The smallest absolute Gasteiger partial charge is 0.142 e. The Morgan fingerprint density at radius 2 is 2.12 bits per heavy atom. The predicted octanol–water partition coefficient (Wildman–Crippen LogP) is 1.88. The molecule has 2 rings (SSSR count). The van der Waals surface area contributed by atoms with Gasteiger partial charge in [-0.25, -0.2) is 0 Å². The minimum Gasteiger partial charge on any atom is -0.488 e. The fraction of sp³-hybridized carbons (Fsp3) is 0.615. The Morgan fingerprint density at radius 1 is 1.41 bits per heavy atom. The third kappa shape index (κ3) is 3.17. The van der Waals surface area contributed by atoms with Crippen LogP contribution in [0.2, 0.25) is 0 Å². The van der Waals surface area contributed by atoms with Crippen LogP contribution in [0.1, 0.15) is 32.3 Å². The van der Waals surface area contributed by atoms with Gasteiger partial charge in [0.2, 0.25) is 0 Å². The quantitative estimate of drug-likeness (QED) is 0.870. The molecule has 1 saturated heterocycles. The summed E-state index contributed by atoms with van der Waals surface area (Å²) in [5.41, 5.74) is 6.68. The van der Waals surface area contributed by atoms with Crippen molar-refractivity contribution < 1.29 is 9.47 Å². The molecular formula is C13H20N2O2. The maximum atomic E-state index is 6.00. The molecule has 1 aliphatic heterocycles. The second kappa shape index (κ2) is 5.47. The molecule has 0 aromatic carbocycles. The molecule has 2 atom stereocenters. The average Bonchev–Trinajstić information content (AvgIpc) is 2.28. The number of hydrogen-bond acceptors (Lipinski definition) is 4. The van der Waals surface area contributed by atoms with Crippen LogP contribution in [0.15, 0.2) is 18.5 Å². The largest absolute Gasteiger partial charge is 0.488 e. The molecule has 1 aromatic rings. The molecule has 4 nitrogen and oxygen atoms in total. The minimum absolute atomic E-state index is 0.197. The molecule has 0 spiro atoms. The van der Waals surface area contributed by atoms with Crippen molar-refractivity contribution >= 4 is 0 Å². The van der Waals surface area contributed by atoms with Crippen molar-refractivity contribution in [1.82, 2.24) is 4.98 Å². The van der Waals surface area contributed by atoms with Gasteiger partial charge in [-0.1, -0.05) is 0 Å². The highest BCUT2D eigenvalue weighted by molar-refractivity contribution is 5.29. The van der Waals surface area contributed by atoms with E-state index in [-0.39, 0.29) is 18.3 Å². The number of nitrogens with two attached hydrogens (primary N) is 1. The van der Waals surface area contributed by atoms with Crippen LogP contribution in [0, 0.1) is 0 Å². The zero-order valence-electron chi connectivity index (χ0n) is 10.4. The van der Waals surface area contributed by atoms with Gasteiger partial charge in [0, 0.05) is 31.1 Å². The van der Waals surface area contributed by atoms with Gasteiger partial charge in [-0.05, 0) is 19.9 Å². The fourth-order valence-electron chi connectivity index (χ4n) is 2.30. The summed E-state index contributed by atoms with van der Waals surface area (Å²) in [7, 11) is 0. The van der Waals surface area contributed by atoms with Crippen LogP contribution in [0.25, 0.3) is 0 Å². The monoisotopic (exact) mass is 236 g/mol. The number of pyridine rings is 1. The van der Waals surface area contributed by atoms with Crippen LogP contribution in [0.5, 0.6) is 5.75 Å². The van der Waals surface area contributed by atoms with Gasteiger partial charge < -0.3 is 15.2 Å². The van der Waals surface area contributed by atoms with Gasteiger partial charge in [0.25, 0.3) is 0 Å². The van der Waals surface area contributed by atoms with Crippen molar-refractivity contribution in [2.45, 2.75) is 51.5 Å². The molecular weight excluding hydrogens is 216 g/mol. The summed E-state index contributed by atoms with van der Waals surface area (Å²) in [6.45, 7) is 4.64. The highest BCUT2D eigenvalue weighted by Gasteiger charge is 2.26. The van der Waals surface area contributed by atoms with Gasteiger partial charge in [-0.3, -0.25) is 4.98 Å². The van der Waals surface area contributed by atoms with E-state index in [1.165, 1.54) is 0 Å². The number of hydrogen-bond donors (Lipinski definition) is 1. The van der Waals surface area contributed by atoms with E-state index in [4.69, 9.17) is 15.2 Å². The average molecular weight is 236 g/mol. The minimum atomic E-state index is 0.197. The third-order valence-electron chi connectivity index (χ3n) is 3.04. The molecule has 94 valence electrons. The zero-order valence-corrected chi connectivity index (χ0v) is 10.4. The molecule has 1 aliphatic rings. The van der Waals surface area contributed by atoms with Crippen molar-refractivity contribution in [3.8, 4) is 5.75 Å². The molecule has 2 unspecified atom stereocenters. The summed E-state index contributed by atoms with van der Waals surface area (Å²) in [5.74, 6) is 0.807. The summed E-state index contributed by atoms with van der Waals surface area (Å²) in [4.78, 5) is 4.09. The van der Waals surface area contributed by atoms with Crippen LogP contribution in [0.4, 0.5) is 0 Å². The van der Waals surface area contributed by atoms with Crippen LogP contribution < -0.4 is 10.5 Å². The van der Waals surface area contributed by atoms with Gasteiger partial charge in [0.05, 0.1) is 18.4 Å². The molecule has 0 bridgehead atoms. The molecule has 17 heavy (non-hydrogen) atoms. The molecule has 0 aliphatic carbocycles. The molecule has 1 fully saturated rings. The molecule has 0 amide bonds. The van der Waals surface area contributed by atoms with Crippen molar-refractivity contribution in [2.75, 3.05) is 0 Å². The SMILES string of the molecule is CC1CC(Oc2cnccc2CN)CC(C)O1. The van der Waals surface area contributed by atoms with E-state index in [1.54, 1.807) is 12.4 Å². The first-order chi connectivity index (χ1) is 8.19. The molecule has 1 aromatic heterocycles. The summed E-state index contributed by atoms with van der Waals surface area (Å²) in [6.07, 6.45) is 6.02. The van der Waals surface area contributed by atoms with E-state index in [0.717, 1.165) is 24.2 Å². The highest BCUT2D eigenvalue weighted by atomic mass is 16.5. The first-order valence-electron chi connectivity index (χ1n) is 6.14. The van der Waals surface area contributed by atoms with Crippen molar-refractivity contribution in [2.24, 2.45) is 5.73 Å². The maximum Gasteiger partial charge on any atom is 0.142 e. The summed E-state index contributed by atoms with van der Waals surface area (Å²) in [5, 5.41) is 0. The van der Waals surface area contributed by atoms with E-state index in [9.17, 15) is 0 Å². The second-order valence-corrected chi connectivity index (χ2v) is 4.66. The molecule has 0 saturated carbocycles. The predicted molar refractivity (Wildman–Crippen MR) is 65.8 cm³/mol. The second-order valence-electron chi connectivity index (χ2n) is 4.66. The van der Waals surface area contributed by atoms with E-state index < -0.39 is 0 Å². The van der Waals surface area contributed by atoms with E-state index in [1.807, 2.05) is 6.07 Å². The molecule has 2 heterocycles. The van der Waals surface area contributed by atoms with E-state index in [0.29, 0.717) is 6.54 Å². The Balaban J connectivity index is 2.04. The maximum absolute atomic E-state index is 6.00. The number of aromatic nitrogens is 1. The van der Waals surface area contributed by atoms with Crippen LogP contribution >= 0.6 is 0 Å². The van der Waals surface area contributed by atoms with E-state index >= 15 is 0 Å². The molecule has 2 N–H and O–H groups in total. The number of rotatable bonds is 3. The van der Waals surface area contributed by atoms with Gasteiger partial charge in [0.1, 0.15) is 11.9 Å². The van der Waals surface area contributed by atoms with E-state index in [2.05, 4.69) is 18.8 Å². The Bertz CT molecular complexity index is 360. The Morgan fingerprint density at radius 3 is 2.76 bits per heavy atom. The Labute approximate surface area is 102 Å². The van der Waals surface area contributed by atoms with Crippen molar-refractivity contribution in [1.29, 1.82) is 0 Å². The lowest BCUT2D eigenvalue weighted by atomic mass is 10.0. The first kappa shape index (κ1) is 12.3. The summed E-state index contributed by atoms with van der Waals surface area (Å²) >= 11 is 0. The number of ether oxygens (including phenoxy) is 2. The number of nitrogens with zero attached hydrogens (tertiary/aromatic N) is 1. The Hall–Kier alpha value is -1.13. The van der Waals surface area contributed by atoms with Crippen molar-refractivity contribution in [3.63, 3.8) is 0 Å². The third-order valence-corrected chi connectivity index (χ3v) is 3.04. The lowest BCUT2D eigenvalue weighted by Crippen LogP contribution is -2.35. The molecule has 4 heteroatoms. The topological polar surface area (TPSA) is 57.4 Å². The van der Waals surface area contributed by atoms with Gasteiger partial charge in [-0.15, -0.1) is 0 Å². The normalized spacial score (nSPS) is 29.0. The standard InChI is InChI=1S/C13H20N2O2/c1-9-5-12(6-10(2)16-9)17-13-8-15-4-3-11(13)7-14/h3-4,8-10,12H,5-7,14H2,1-2H3. The van der Waals surface area contributed by atoms with Gasteiger partial charge in [0.15, 0.2) is 0 Å². The van der Waals surface area contributed by atoms with Gasteiger partial charge in [-0.2, -0.15) is 0 Å². The fourth-order valence-corrected chi connectivity index (χ4v) is 2.30. The van der Waals surface area contributed by atoms with Crippen molar-refractivity contribution in [3.05, 3.63) is 24.0 Å². The lowest BCUT2D eigenvalue weighted by molar-refractivity contribution is -0.0723. The van der Waals surface area contributed by atoms with Crippen LogP contribution in [-0.4, -0.2) is 23.3 Å². The van der Waals surface area contributed by atoms with Crippen LogP contribution in [0.3, 0.4) is 0 Å². The van der Waals surface area contributed by atoms with Crippen LogP contribution in [-0.2, 0) is 11.3 Å². The highest BCUT2D eigenvalue weighted by Crippen LogP contribution is 2.25. The summed E-state index contributed by atoms with van der Waals surface area (Å²) in [6, 6.07) is 1.90. The lowest BCUT2D eigenvalue weighted by Gasteiger charge is -2.32. The molecule has 0 radical (unpaired) electrons. The zero-order chi connectivity index (χ0) is 12.3. The Kier molecular flexibility index (Phi) is 3.97. The van der Waals surface area contributed by atoms with Gasteiger partial charge >= 0.3 is 0 Å². The summed E-state index contributed by atoms with van der Waals surface area (Å²) < 4.78 is 11.7. The first-order valence-corrected chi connectivity index (χ1v) is 6.14.